The molecule has 1 heterocycles. The molecule has 0 aromatic heterocycles. The van der Waals surface area contributed by atoms with Crippen molar-refractivity contribution in [1.82, 2.24) is 4.90 Å². The monoisotopic (exact) mass is 240 g/mol. The van der Waals surface area contributed by atoms with Gasteiger partial charge in [-0.2, -0.15) is 13.2 Å². The van der Waals surface area contributed by atoms with Crippen LogP contribution in [0.5, 0.6) is 0 Å². The number of nitrogens with zero attached hydrogens (tertiary/aromatic N) is 1. The number of hydrogen-bond donors (Lipinski definition) is 2. The minimum Gasteiger partial charge on any atom is -0.395 e. The molecule has 1 aliphatic rings. The first-order valence-corrected chi connectivity index (χ1v) is 5.60. The lowest BCUT2D eigenvalue weighted by Gasteiger charge is -2.36. The first kappa shape index (κ1) is 13.7. The molecule has 0 radical (unpaired) electrons. The highest BCUT2D eigenvalue weighted by Gasteiger charge is 2.49. The van der Waals surface area contributed by atoms with Crippen LogP contribution in [0.4, 0.5) is 13.2 Å². The number of aliphatic hydroxyl groups excluding tert-OH is 1. The van der Waals surface area contributed by atoms with Gasteiger partial charge in [0.05, 0.1) is 6.61 Å². The predicted octanol–water partition coefficient (Wildman–Crippen LogP) is 1.11. The summed E-state index contributed by atoms with van der Waals surface area (Å²) in [5.74, 6) is 0. The Morgan fingerprint density at radius 3 is 2.56 bits per heavy atom. The average molecular weight is 240 g/mol. The van der Waals surface area contributed by atoms with Crippen LogP contribution in [-0.4, -0.2) is 47.5 Å². The van der Waals surface area contributed by atoms with E-state index in [2.05, 4.69) is 0 Å². The summed E-state index contributed by atoms with van der Waals surface area (Å²) in [6.07, 6.45) is -2.75. The summed E-state index contributed by atoms with van der Waals surface area (Å²) in [7, 11) is 0. The Morgan fingerprint density at radius 1 is 1.50 bits per heavy atom. The number of rotatable bonds is 4. The van der Waals surface area contributed by atoms with Crippen molar-refractivity contribution >= 4 is 0 Å². The molecule has 0 amide bonds. The van der Waals surface area contributed by atoms with Gasteiger partial charge in [-0.3, -0.25) is 4.90 Å². The maximum atomic E-state index is 12.9. The third-order valence-electron chi connectivity index (χ3n) is 3.20. The van der Waals surface area contributed by atoms with Crippen LogP contribution in [0.2, 0.25) is 0 Å². The topological polar surface area (TPSA) is 49.5 Å². The zero-order chi connectivity index (χ0) is 12.3. The number of hydrogen-bond acceptors (Lipinski definition) is 3. The molecule has 3 unspecified atom stereocenters. The van der Waals surface area contributed by atoms with Crippen molar-refractivity contribution in [2.45, 2.75) is 50.5 Å². The van der Waals surface area contributed by atoms with Crippen molar-refractivity contribution < 1.29 is 18.3 Å². The third-order valence-corrected chi connectivity index (χ3v) is 3.20. The summed E-state index contributed by atoms with van der Waals surface area (Å²) in [5.41, 5.74) is 5.56. The standard InChI is InChI=1S/C10H19F3N2O/c1-2-8(14)9(10(11,12)13)15-5-3-4-7(15)6-16/h7-9,16H,2-6,14H2,1H3. The molecule has 0 aromatic carbocycles. The van der Waals surface area contributed by atoms with Crippen LogP contribution in [0.15, 0.2) is 0 Å². The highest BCUT2D eigenvalue weighted by molar-refractivity contribution is 4.93. The van der Waals surface area contributed by atoms with Crippen molar-refractivity contribution in [3.8, 4) is 0 Å². The molecule has 0 saturated carbocycles. The van der Waals surface area contributed by atoms with Gasteiger partial charge in [0.1, 0.15) is 6.04 Å². The van der Waals surface area contributed by atoms with Gasteiger partial charge >= 0.3 is 6.18 Å². The Morgan fingerprint density at radius 2 is 2.12 bits per heavy atom. The summed E-state index contributed by atoms with van der Waals surface area (Å²) in [4.78, 5) is 1.31. The Kier molecular flexibility index (Phi) is 4.58. The van der Waals surface area contributed by atoms with Gasteiger partial charge in [-0.25, -0.2) is 0 Å². The lowest BCUT2D eigenvalue weighted by atomic mass is 10.0. The Labute approximate surface area is 93.4 Å². The van der Waals surface area contributed by atoms with E-state index in [1.807, 2.05) is 0 Å². The number of likely N-dealkylation sites (tertiary alicyclic amines) is 1. The number of aliphatic hydroxyl groups is 1. The minimum atomic E-state index is -4.33. The van der Waals surface area contributed by atoms with Crippen molar-refractivity contribution in [2.75, 3.05) is 13.2 Å². The molecule has 3 nitrogen and oxygen atoms in total. The van der Waals surface area contributed by atoms with Gasteiger partial charge < -0.3 is 10.8 Å². The van der Waals surface area contributed by atoms with Gasteiger partial charge in [0.2, 0.25) is 0 Å². The van der Waals surface area contributed by atoms with Crippen LogP contribution in [0, 0.1) is 0 Å². The third kappa shape index (κ3) is 2.87. The molecule has 0 spiro atoms. The van der Waals surface area contributed by atoms with Gasteiger partial charge in [0.25, 0.3) is 0 Å². The highest BCUT2D eigenvalue weighted by atomic mass is 19.4. The molecule has 1 rings (SSSR count). The second-order valence-corrected chi connectivity index (χ2v) is 4.28. The van der Waals surface area contributed by atoms with E-state index in [-0.39, 0.29) is 13.0 Å². The molecule has 3 atom stereocenters. The summed E-state index contributed by atoms with van der Waals surface area (Å²) >= 11 is 0. The van der Waals surface area contributed by atoms with Gasteiger partial charge in [0, 0.05) is 12.1 Å². The normalized spacial score (nSPS) is 27.0. The zero-order valence-electron chi connectivity index (χ0n) is 9.37. The van der Waals surface area contributed by atoms with E-state index in [9.17, 15) is 13.2 Å². The largest absolute Gasteiger partial charge is 0.405 e. The fourth-order valence-electron chi connectivity index (χ4n) is 2.32. The van der Waals surface area contributed by atoms with E-state index >= 15 is 0 Å². The van der Waals surface area contributed by atoms with Crippen molar-refractivity contribution in [1.29, 1.82) is 0 Å². The molecule has 96 valence electrons. The highest BCUT2D eigenvalue weighted by Crippen LogP contribution is 2.32. The zero-order valence-corrected chi connectivity index (χ0v) is 9.37. The second-order valence-electron chi connectivity index (χ2n) is 4.28. The van der Waals surface area contributed by atoms with Crippen LogP contribution >= 0.6 is 0 Å². The molecule has 3 N–H and O–H groups in total. The molecule has 0 bridgehead atoms. The maximum Gasteiger partial charge on any atom is 0.405 e. The van der Waals surface area contributed by atoms with Crippen LogP contribution < -0.4 is 5.73 Å². The summed E-state index contributed by atoms with van der Waals surface area (Å²) < 4.78 is 38.7. The molecule has 1 aliphatic heterocycles. The molecule has 0 aliphatic carbocycles. The fraction of sp³-hybridized carbons (Fsp3) is 1.00. The first-order valence-electron chi connectivity index (χ1n) is 5.60. The van der Waals surface area contributed by atoms with E-state index in [4.69, 9.17) is 10.8 Å². The smallest absolute Gasteiger partial charge is 0.395 e. The lowest BCUT2D eigenvalue weighted by Crippen LogP contribution is -2.57. The average Bonchev–Trinajstić information content (AvgIpc) is 2.63. The minimum absolute atomic E-state index is 0.233. The summed E-state index contributed by atoms with van der Waals surface area (Å²) in [6.45, 7) is 1.78. The SMILES string of the molecule is CCC(N)C(N1CCCC1CO)C(F)(F)F. The quantitative estimate of drug-likeness (QED) is 0.774. The van der Waals surface area contributed by atoms with E-state index in [0.29, 0.717) is 19.4 Å². The number of halogens is 3. The Hall–Kier alpha value is -0.330. The maximum absolute atomic E-state index is 12.9. The Bertz CT molecular complexity index is 223. The molecule has 16 heavy (non-hydrogen) atoms. The van der Waals surface area contributed by atoms with Crippen LogP contribution in [0.1, 0.15) is 26.2 Å². The molecular formula is C10H19F3N2O. The Balaban J connectivity index is 2.83. The van der Waals surface area contributed by atoms with Crippen LogP contribution in [0.3, 0.4) is 0 Å². The fourth-order valence-corrected chi connectivity index (χ4v) is 2.32. The van der Waals surface area contributed by atoms with Crippen LogP contribution in [-0.2, 0) is 0 Å². The van der Waals surface area contributed by atoms with Gasteiger partial charge in [-0.1, -0.05) is 6.92 Å². The van der Waals surface area contributed by atoms with E-state index < -0.39 is 24.3 Å². The van der Waals surface area contributed by atoms with E-state index in [0.717, 1.165) is 0 Å². The van der Waals surface area contributed by atoms with Gasteiger partial charge in [-0.05, 0) is 25.8 Å². The lowest BCUT2D eigenvalue weighted by molar-refractivity contribution is -0.193. The van der Waals surface area contributed by atoms with Crippen LogP contribution in [0.25, 0.3) is 0 Å². The van der Waals surface area contributed by atoms with Crippen molar-refractivity contribution in [3.05, 3.63) is 0 Å². The summed E-state index contributed by atoms with van der Waals surface area (Å²) in [6, 6.07) is -2.95. The number of nitrogens with two attached hydrogens (primary N) is 1. The van der Waals surface area contributed by atoms with Crippen molar-refractivity contribution in [2.24, 2.45) is 5.73 Å². The molecule has 1 fully saturated rings. The number of alkyl halides is 3. The molecular weight excluding hydrogens is 221 g/mol. The second kappa shape index (κ2) is 5.33. The molecule has 1 saturated heterocycles. The van der Waals surface area contributed by atoms with E-state index in [1.54, 1.807) is 6.92 Å². The predicted molar refractivity (Wildman–Crippen MR) is 54.9 cm³/mol. The first-order chi connectivity index (χ1) is 7.41. The van der Waals surface area contributed by atoms with Gasteiger partial charge in [0.15, 0.2) is 0 Å². The molecule has 0 aromatic rings. The van der Waals surface area contributed by atoms with Crippen molar-refractivity contribution in [3.63, 3.8) is 0 Å². The van der Waals surface area contributed by atoms with E-state index in [1.165, 1.54) is 4.90 Å². The summed E-state index contributed by atoms with van der Waals surface area (Å²) in [5, 5.41) is 9.06. The van der Waals surface area contributed by atoms with Gasteiger partial charge in [-0.15, -0.1) is 0 Å². The molecule has 6 heteroatoms.